The molecule has 0 heterocycles. The Balaban J connectivity index is 2.51. The minimum Gasteiger partial charge on any atom is -0.383 e. The van der Waals surface area contributed by atoms with E-state index >= 15 is 0 Å². The molecule has 0 radical (unpaired) electrons. The van der Waals surface area contributed by atoms with Crippen LogP contribution in [0, 0.1) is 23.4 Å². The minimum atomic E-state index is -1.16. The van der Waals surface area contributed by atoms with Gasteiger partial charge in [-0.05, 0) is 18.8 Å². The third-order valence-corrected chi connectivity index (χ3v) is 2.28. The van der Waals surface area contributed by atoms with E-state index < -0.39 is 17.5 Å². The van der Waals surface area contributed by atoms with Gasteiger partial charge in [0.25, 0.3) is 0 Å². The first-order valence-electron chi connectivity index (χ1n) is 5.39. The molecule has 0 spiro atoms. The molecule has 0 aliphatic heterocycles. The van der Waals surface area contributed by atoms with E-state index in [1.165, 1.54) is 0 Å². The summed E-state index contributed by atoms with van der Waals surface area (Å²) in [4.78, 5) is 0. The summed E-state index contributed by atoms with van der Waals surface area (Å²) in [6.07, 6.45) is 1.88. The highest BCUT2D eigenvalue weighted by Crippen LogP contribution is 2.18. The molecule has 0 aliphatic carbocycles. The standard InChI is InChI=1S/C12H16F3N/c1-8(2)4-3-5-16-12-7-10(14)9(13)6-11(12)15/h6-8,16H,3-5H2,1-2H3. The van der Waals surface area contributed by atoms with E-state index in [4.69, 9.17) is 0 Å². The number of benzene rings is 1. The van der Waals surface area contributed by atoms with Crippen molar-refractivity contribution in [2.75, 3.05) is 11.9 Å². The molecule has 1 nitrogen and oxygen atoms in total. The van der Waals surface area contributed by atoms with E-state index in [1.807, 2.05) is 0 Å². The molecule has 0 saturated carbocycles. The van der Waals surface area contributed by atoms with Gasteiger partial charge in [-0.1, -0.05) is 13.8 Å². The van der Waals surface area contributed by atoms with Crippen molar-refractivity contribution in [1.82, 2.24) is 0 Å². The zero-order valence-corrected chi connectivity index (χ0v) is 9.49. The molecule has 0 aliphatic rings. The lowest BCUT2D eigenvalue weighted by atomic mass is 10.1. The Kier molecular flexibility index (Phi) is 4.65. The van der Waals surface area contributed by atoms with Crippen molar-refractivity contribution in [3.63, 3.8) is 0 Å². The number of hydrogen-bond acceptors (Lipinski definition) is 1. The van der Waals surface area contributed by atoms with Gasteiger partial charge in [0.05, 0.1) is 5.69 Å². The van der Waals surface area contributed by atoms with Gasteiger partial charge in [0, 0.05) is 18.7 Å². The topological polar surface area (TPSA) is 12.0 Å². The fourth-order valence-corrected chi connectivity index (χ4v) is 1.39. The van der Waals surface area contributed by atoms with Crippen LogP contribution in [0.15, 0.2) is 12.1 Å². The van der Waals surface area contributed by atoms with E-state index in [9.17, 15) is 13.2 Å². The molecule has 0 atom stereocenters. The number of anilines is 1. The van der Waals surface area contributed by atoms with Gasteiger partial charge < -0.3 is 5.32 Å². The molecule has 0 bridgehead atoms. The maximum atomic E-state index is 13.1. The van der Waals surface area contributed by atoms with Crippen LogP contribution in [0.4, 0.5) is 18.9 Å². The quantitative estimate of drug-likeness (QED) is 0.597. The average Bonchev–Trinajstić information content (AvgIpc) is 2.19. The highest BCUT2D eigenvalue weighted by molar-refractivity contribution is 5.45. The smallest absolute Gasteiger partial charge is 0.161 e. The zero-order valence-electron chi connectivity index (χ0n) is 9.49. The van der Waals surface area contributed by atoms with Crippen LogP contribution in [-0.2, 0) is 0 Å². The first-order chi connectivity index (χ1) is 7.50. The molecule has 0 fully saturated rings. The van der Waals surface area contributed by atoms with Crippen molar-refractivity contribution in [2.24, 2.45) is 5.92 Å². The summed E-state index contributed by atoms with van der Waals surface area (Å²) in [6, 6.07) is 1.40. The fraction of sp³-hybridized carbons (Fsp3) is 0.500. The van der Waals surface area contributed by atoms with Crippen LogP contribution < -0.4 is 5.32 Å². The second-order valence-electron chi connectivity index (χ2n) is 4.21. The molecule has 0 saturated heterocycles. The second kappa shape index (κ2) is 5.77. The Morgan fingerprint density at radius 1 is 1.06 bits per heavy atom. The summed E-state index contributed by atoms with van der Waals surface area (Å²) in [7, 11) is 0. The Morgan fingerprint density at radius 2 is 1.69 bits per heavy atom. The summed E-state index contributed by atoms with van der Waals surface area (Å²) in [5, 5.41) is 2.75. The summed E-state index contributed by atoms with van der Waals surface area (Å²) >= 11 is 0. The van der Waals surface area contributed by atoms with E-state index in [0.717, 1.165) is 18.9 Å². The van der Waals surface area contributed by atoms with Crippen LogP contribution in [-0.4, -0.2) is 6.54 Å². The van der Waals surface area contributed by atoms with Crippen LogP contribution in [0.25, 0.3) is 0 Å². The lowest BCUT2D eigenvalue weighted by Crippen LogP contribution is -2.05. The average molecular weight is 231 g/mol. The predicted octanol–water partition coefficient (Wildman–Crippen LogP) is 3.95. The van der Waals surface area contributed by atoms with Crippen LogP contribution in [0.1, 0.15) is 26.7 Å². The minimum absolute atomic E-state index is 0.0163. The monoisotopic (exact) mass is 231 g/mol. The molecule has 0 amide bonds. The van der Waals surface area contributed by atoms with Gasteiger partial charge in [0.15, 0.2) is 11.6 Å². The molecular weight excluding hydrogens is 215 g/mol. The van der Waals surface area contributed by atoms with Gasteiger partial charge in [-0.3, -0.25) is 0 Å². The molecule has 1 N–H and O–H groups in total. The number of nitrogens with one attached hydrogen (secondary N) is 1. The van der Waals surface area contributed by atoms with Gasteiger partial charge in [0.2, 0.25) is 0 Å². The van der Waals surface area contributed by atoms with E-state index in [0.29, 0.717) is 18.5 Å². The normalized spacial score (nSPS) is 10.9. The summed E-state index contributed by atoms with van der Waals surface area (Å²) < 4.78 is 38.6. The number of hydrogen-bond donors (Lipinski definition) is 1. The molecule has 16 heavy (non-hydrogen) atoms. The Hall–Kier alpha value is -1.19. The van der Waals surface area contributed by atoms with Gasteiger partial charge >= 0.3 is 0 Å². The molecule has 90 valence electrons. The maximum Gasteiger partial charge on any atom is 0.161 e. The van der Waals surface area contributed by atoms with Crippen molar-refractivity contribution >= 4 is 5.69 Å². The van der Waals surface area contributed by atoms with Gasteiger partial charge in [-0.25, -0.2) is 13.2 Å². The van der Waals surface area contributed by atoms with E-state index in [1.54, 1.807) is 0 Å². The number of halogens is 3. The Labute approximate surface area is 93.7 Å². The maximum absolute atomic E-state index is 13.1. The third-order valence-electron chi connectivity index (χ3n) is 2.28. The number of rotatable bonds is 5. The van der Waals surface area contributed by atoms with Gasteiger partial charge in [0.1, 0.15) is 5.82 Å². The van der Waals surface area contributed by atoms with Crippen LogP contribution in [0.5, 0.6) is 0 Å². The van der Waals surface area contributed by atoms with Crippen LogP contribution in [0.2, 0.25) is 0 Å². The lowest BCUT2D eigenvalue weighted by Gasteiger charge is -2.09. The van der Waals surface area contributed by atoms with Crippen molar-refractivity contribution in [1.29, 1.82) is 0 Å². The van der Waals surface area contributed by atoms with Gasteiger partial charge in [-0.15, -0.1) is 0 Å². The SMILES string of the molecule is CC(C)CCCNc1cc(F)c(F)cc1F. The van der Waals surface area contributed by atoms with Gasteiger partial charge in [-0.2, -0.15) is 0 Å². The lowest BCUT2D eigenvalue weighted by molar-refractivity contribution is 0.495. The third kappa shape index (κ3) is 3.76. The molecule has 1 aromatic carbocycles. The Morgan fingerprint density at radius 3 is 2.31 bits per heavy atom. The van der Waals surface area contributed by atoms with Crippen molar-refractivity contribution in [2.45, 2.75) is 26.7 Å². The van der Waals surface area contributed by atoms with Crippen molar-refractivity contribution in [3.05, 3.63) is 29.6 Å². The summed E-state index contributed by atoms with van der Waals surface area (Å²) in [6.45, 7) is 4.75. The Bertz CT molecular complexity index is 350. The predicted molar refractivity (Wildman–Crippen MR) is 58.9 cm³/mol. The highest BCUT2D eigenvalue weighted by Gasteiger charge is 2.08. The molecule has 1 rings (SSSR count). The van der Waals surface area contributed by atoms with E-state index in [2.05, 4.69) is 19.2 Å². The zero-order chi connectivity index (χ0) is 12.1. The molecular formula is C12H16F3N. The molecule has 0 aromatic heterocycles. The summed E-state index contributed by atoms with van der Waals surface area (Å²) in [5.74, 6) is -2.38. The molecule has 4 heteroatoms. The second-order valence-corrected chi connectivity index (χ2v) is 4.21. The van der Waals surface area contributed by atoms with Crippen LogP contribution in [0.3, 0.4) is 0 Å². The van der Waals surface area contributed by atoms with Crippen molar-refractivity contribution < 1.29 is 13.2 Å². The van der Waals surface area contributed by atoms with Crippen molar-refractivity contribution in [3.8, 4) is 0 Å². The largest absolute Gasteiger partial charge is 0.383 e. The summed E-state index contributed by atoms with van der Waals surface area (Å²) in [5.41, 5.74) is 0.0163. The molecule has 1 aromatic rings. The van der Waals surface area contributed by atoms with Crippen LogP contribution >= 0.6 is 0 Å². The fourth-order valence-electron chi connectivity index (χ4n) is 1.39. The van der Waals surface area contributed by atoms with E-state index in [-0.39, 0.29) is 5.69 Å². The first kappa shape index (κ1) is 12.9. The molecule has 0 unspecified atom stereocenters. The highest BCUT2D eigenvalue weighted by atomic mass is 19.2. The first-order valence-corrected chi connectivity index (χ1v) is 5.39.